The van der Waals surface area contributed by atoms with Crippen LogP contribution in [0.4, 0.5) is 5.69 Å². The topological polar surface area (TPSA) is 119 Å². The van der Waals surface area contributed by atoms with E-state index in [2.05, 4.69) is 5.32 Å². The summed E-state index contributed by atoms with van der Waals surface area (Å²) in [7, 11) is 0. The molecule has 0 radical (unpaired) electrons. The average molecular weight is 292 g/mol. The zero-order chi connectivity index (χ0) is 15.4. The molecule has 7 nitrogen and oxygen atoms in total. The van der Waals surface area contributed by atoms with Crippen LogP contribution in [0.2, 0.25) is 0 Å². The van der Waals surface area contributed by atoms with Crippen LogP contribution in [0.15, 0.2) is 24.3 Å². The summed E-state index contributed by atoms with van der Waals surface area (Å²) in [4.78, 5) is 33.5. The monoisotopic (exact) mass is 292 g/mol. The molecule has 1 heterocycles. The third-order valence-electron chi connectivity index (χ3n) is 3.19. The molecule has 2 amide bonds. The summed E-state index contributed by atoms with van der Waals surface area (Å²) in [5.74, 6) is -1.85. The summed E-state index contributed by atoms with van der Waals surface area (Å²) in [6.45, 7) is 0. The van der Waals surface area contributed by atoms with Crippen LogP contribution in [0.1, 0.15) is 18.4 Å². The Kier molecular flexibility index (Phi) is 4.54. The lowest BCUT2D eigenvalue weighted by molar-refractivity contribution is -0.150. The number of carboxylic acids is 1. The van der Waals surface area contributed by atoms with Crippen LogP contribution in [0.3, 0.4) is 0 Å². The summed E-state index contributed by atoms with van der Waals surface area (Å²) in [6, 6.07) is 6.69. The van der Waals surface area contributed by atoms with Gasteiger partial charge in [0.05, 0.1) is 6.42 Å². The Morgan fingerprint density at radius 1 is 1.19 bits per heavy atom. The quantitative estimate of drug-likeness (QED) is 0.720. The summed E-state index contributed by atoms with van der Waals surface area (Å²) in [5, 5.41) is 11.5. The van der Waals surface area contributed by atoms with E-state index in [1.165, 1.54) is 0 Å². The summed E-state index contributed by atoms with van der Waals surface area (Å²) in [6.07, 6.45) is -0.830. The molecule has 2 rings (SSSR count). The van der Waals surface area contributed by atoms with Gasteiger partial charge in [-0.1, -0.05) is 12.1 Å². The third kappa shape index (κ3) is 4.03. The largest absolute Gasteiger partial charge is 0.479 e. The number of aliphatic carboxylic acids is 1. The van der Waals surface area contributed by atoms with Crippen molar-refractivity contribution in [2.45, 2.75) is 31.5 Å². The van der Waals surface area contributed by atoms with Gasteiger partial charge in [0.25, 0.3) is 5.91 Å². The summed E-state index contributed by atoms with van der Waals surface area (Å²) >= 11 is 0. The molecule has 1 aromatic rings. The first-order valence-electron chi connectivity index (χ1n) is 6.52. The van der Waals surface area contributed by atoms with E-state index in [1.54, 1.807) is 24.3 Å². The molecule has 7 heteroatoms. The minimum atomic E-state index is -1.05. The molecule has 1 aliphatic rings. The zero-order valence-corrected chi connectivity index (χ0v) is 11.2. The van der Waals surface area contributed by atoms with Gasteiger partial charge in [0.1, 0.15) is 6.10 Å². The lowest BCUT2D eigenvalue weighted by Crippen LogP contribution is -2.29. The van der Waals surface area contributed by atoms with Crippen LogP contribution in [-0.2, 0) is 25.5 Å². The van der Waals surface area contributed by atoms with E-state index < -0.39 is 24.1 Å². The molecule has 0 spiro atoms. The molecule has 0 bridgehead atoms. The van der Waals surface area contributed by atoms with E-state index >= 15 is 0 Å². The van der Waals surface area contributed by atoms with Gasteiger partial charge in [0, 0.05) is 5.69 Å². The number of carbonyl (C=O) groups excluding carboxylic acids is 2. The van der Waals surface area contributed by atoms with Gasteiger partial charge in [-0.25, -0.2) is 4.79 Å². The normalized spacial score (nSPS) is 21.0. The molecule has 0 saturated carbocycles. The molecule has 1 fully saturated rings. The number of carboxylic acid groups (broad SMARTS) is 1. The molecule has 1 saturated heterocycles. The van der Waals surface area contributed by atoms with Crippen LogP contribution in [0, 0.1) is 0 Å². The number of anilines is 1. The van der Waals surface area contributed by atoms with Crippen LogP contribution in [0.5, 0.6) is 0 Å². The number of hydrogen-bond donors (Lipinski definition) is 3. The van der Waals surface area contributed by atoms with Crippen molar-refractivity contribution < 1.29 is 24.2 Å². The van der Waals surface area contributed by atoms with Gasteiger partial charge in [-0.3, -0.25) is 9.59 Å². The number of carbonyl (C=O) groups is 3. The highest BCUT2D eigenvalue weighted by Gasteiger charge is 2.34. The van der Waals surface area contributed by atoms with E-state index in [-0.39, 0.29) is 12.3 Å². The second-order valence-electron chi connectivity index (χ2n) is 4.86. The highest BCUT2D eigenvalue weighted by molar-refractivity contribution is 5.94. The molecule has 1 aliphatic heterocycles. The Balaban J connectivity index is 1.91. The van der Waals surface area contributed by atoms with Crippen molar-refractivity contribution in [1.82, 2.24) is 0 Å². The fourth-order valence-corrected chi connectivity index (χ4v) is 2.14. The minimum absolute atomic E-state index is 0.139. The van der Waals surface area contributed by atoms with Crippen molar-refractivity contribution in [2.24, 2.45) is 5.73 Å². The van der Waals surface area contributed by atoms with Gasteiger partial charge in [-0.05, 0) is 30.5 Å². The van der Waals surface area contributed by atoms with Crippen LogP contribution in [0.25, 0.3) is 0 Å². The molecule has 0 aliphatic carbocycles. The maximum Gasteiger partial charge on any atom is 0.332 e. The second kappa shape index (κ2) is 6.36. The number of hydrogen-bond acceptors (Lipinski definition) is 4. The van der Waals surface area contributed by atoms with Gasteiger partial charge in [-0.2, -0.15) is 0 Å². The van der Waals surface area contributed by atoms with Gasteiger partial charge >= 0.3 is 5.97 Å². The Morgan fingerprint density at radius 2 is 1.81 bits per heavy atom. The maximum atomic E-state index is 11.9. The van der Waals surface area contributed by atoms with Crippen LogP contribution >= 0.6 is 0 Å². The highest BCUT2D eigenvalue weighted by atomic mass is 16.5. The lowest BCUT2D eigenvalue weighted by Gasteiger charge is -2.12. The number of nitrogens with one attached hydrogen (secondary N) is 1. The molecule has 4 N–H and O–H groups in total. The van der Waals surface area contributed by atoms with E-state index in [0.717, 1.165) is 5.56 Å². The van der Waals surface area contributed by atoms with E-state index in [0.29, 0.717) is 18.5 Å². The SMILES string of the molecule is NC(=O)Cc1ccc(NC(=O)C2CCC(C(=O)O)O2)cc1. The van der Waals surface area contributed by atoms with Crippen LogP contribution < -0.4 is 11.1 Å². The standard InChI is InChI=1S/C14H16N2O5/c15-12(17)7-8-1-3-9(4-2-8)16-13(18)10-5-6-11(21-10)14(19)20/h1-4,10-11H,5-7H2,(H2,15,17)(H,16,18)(H,19,20). The predicted octanol–water partition coefficient (Wildman–Crippen LogP) is 0.285. The first-order chi connectivity index (χ1) is 9.95. The van der Waals surface area contributed by atoms with E-state index in [9.17, 15) is 14.4 Å². The van der Waals surface area contributed by atoms with Gasteiger partial charge < -0.3 is 20.9 Å². The molecular formula is C14H16N2O5. The van der Waals surface area contributed by atoms with Crippen LogP contribution in [-0.4, -0.2) is 35.1 Å². The van der Waals surface area contributed by atoms with E-state index in [1.807, 2.05) is 0 Å². The number of benzene rings is 1. The smallest absolute Gasteiger partial charge is 0.332 e. The number of primary amides is 1. The first-order valence-corrected chi connectivity index (χ1v) is 6.52. The highest BCUT2D eigenvalue weighted by Crippen LogP contribution is 2.21. The van der Waals surface area contributed by atoms with Gasteiger partial charge in [-0.15, -0.1) is 0 Å². The fraction of sp³-hybridized carbons (Fsp3) is 0.357. The van der Waals surface area contributed by atoms with Crippen molar-refractivity contribution >= 4 is 23.5 Å². The molecule has 112 valence electrons. The third-order valence-corrected chi connectivity index (χ3v) is 3.19. The van der Waals surface area contributed by atoms with Crippen molar-refractivity contribution in [1.29, 1.82) is 0 Å². The summed E-state index contributed by atoms with van der Waals surface area (Å²) in [5.41, 5.74) is 6.39. The number of rotatable bonds is 5. The Labute approximate surface area is 121 Å². The van der Waals surface area contributed by atoms with Crippen molar-refractivity contribution in [3.63, 3.8) is 0 Å². The van der Waals surface area contributed by atoms with Crippen molar-refractivity contribution in [2.75, 3.05) is 5.32 Å². The zero-order valence-electron chi connectivity index (χ0n) is 11.2. The fourth-order valence-electron chi connectivity index (χ4n) is 2.14. The molecule has 1 aromatic carbocycles. The number of ether oxygens (including phenoxy) is 1. The number of nitrogens with two attached hydrogens (primary N) is 1. The number of amides is 2. The molecule has 2 atom stereocenters. The maximum absolute atomic E-state index is 11.9. The average Bonchev–Trinajstić information content (AvgIpc) is 2.90. The van der Waals surface area contributed by atoms with Crippen molar-refractivity contribution in [3.8, 4) is 0 Å². The molecule has 0 aromatic heterocycles. The Bertz CT molecular complexity index is 555. The minimum Gasteiger partial charge on any atom is -0.479 e. The van der Waals surface area contributed by atoms with Gasteiger partial charge in [0.15, 0.2) is 6.10 Å². The first kappa shape index (κ1) is 15.0. The molecular weight excluding hydrogens is 276 g/mol. The molecule has 2 unspecified atom stereocenters. The lowest BCUT2D eigenvalue weighted by atomic mass is 10.1. The summed E-state index contributed by atoms with van der Waals surface area (Å²) < 4.78 is 5.16. The van der Waals surface area contributed by atoms with Crippen molar-refractivity contribution in [3.05, 3.63) is 29.8 Å². The van der Waals surface area contributed by atoms with E-state index in [4.69, 9.17) is 15.6 Å². The molecule has 21 heavy (non-hydrogen) atoms. The Morgan fingerprint density at radius 3 is 2.33 bits per heavy atom. The Hall–Kier alpha value is -2.41. The second-order valence-corrected chi connectivity index (χ2v) is 4.86. The van der Waals surface area contributed by atoms with Gasteiger partial charge in [0.2, 0.25) is 5.91 Å². The predicted molar refractivity (Wildman–Crippen MR) is 73.5 cm³/mol.